The van der Waals surface area contributed by atoms with Crippen LogP contribution in [0.3, 0.4) is 0 Å². The summed E-state index contributed by atoms with van der Waals surface area (Å²) in [4.78, 5) is 24.4. The molecule has 1 heterocycles. The van der Waals surface area contributed by atoms with Crippen LogP contribution in [-0.2, 0) is 4.79 Å². The van der Waals surface area contributed by atoms with E-state index in [2.05, 4.69) is 0 Å². The van der Waals surface area contributed by atoms with Crippen molar-refractivity contribution in [1.29, 1.82) is 0 Å². The van der Waals surface area contributed by atoms with Gasteiger partial charge in [0.15, 0.2) is 11.5 Å². The number of carbonyl (C=O) groups excluding carboxylic acids is 1. The summed E-state index contributed by atoms with van der Waals surface area (Å²) in [6.45, 7) is 2.83. The van der Waals surface area contributed by atoms with Crippen LogP contribution in [0.25, 0.3) is 6.08 Å². The number of benzene rings is 2. The van der Waals surface area contributed by atoms with E-state index in [1.165, 1.54) is 40.9 Å². The fourth-order valence-corrected chi connectivity index (χ4v) is 3.85. The summed E-state index contributed by atoms with van der Waals surface area (Å²) in [7, 11) is 1.65. The first-order valence-corrected chi connectivity index (χ1v) is 10.6. The first-order chi connectivity index (χ1) is 14.9. The van der Waals surface area contributed by atoms with E-state index < -0.39 is 4.92 Å². The fraction of sp³-hybridized carbons (Fsp3) is 0.238. The fourth-order valence-electron chi connectivity index (χ4n) is 2.67. The van der Waals surface area contributed by atoms with Crippen molar-refractivity contribution >= 4 is 46.0 Å². The molecule has 2 aromatic carbocycles. The molecule has 2 aromatic rings. The number of likely N-dealkylation sites (N-methyl/N-ethyl adjacent to an activating group) is 1. The Balaban J connectivity index is 1.61. The van der Waals surface area contributed by atoms with Crippen LogP contribution >= 0.6 is 24.0 Å². The third kappa shape index (κ3) is 5.74. The highest BCUT2D eigenvalue weighted by molar-refractivity contribution is 8.26. The minimum Gasteiger partial charge on any atom is -0.490 e. The van der Waals surface area contributed by atoms with Crippen molar-refractivity contribution in [3.8, 4) is 17.2 Å². The molecule has 0 aromatic heterocycles. The number of amides is 1. The van der Waals surface area contributed by atoms with E-state index in [-0.39, 0.29) is 24.8 Å². The SMILES string of the molecule is CCOc1cc(/C=C2/SC(=S)N(C)C2=O)ccc1OCCOc1ccc([N+](=O)[O-])cc1. The van der Waals surface area contributed by atoms with Gasteiger partial charge in [-0.3, -0.25) is 19.8 Å². The number of carbonyl (C=O) groups is 1. The van der Waals surface area contributed by atoms with E-state index in [9.17, 15) is 14.9 Å². The third-order valence-corrected chi connectivity index (χ3v) is 5.69. The van der Waals surface area contributed by atoms with Gasteiger partial charge in [0.2, 0.25) is 0 Å². The number of nitro benzene ring substituents is 1. The van der Waals surface area contributed by atoms with Crippen molar-refractivity contribution in [2.75, 3.05) is 26.9 Å². The monoisotopic (exact) mass is 460 g/mol. The molecule has 1 amide bonds. The largest absolute Gasteiger partial charge is 0.490 e. The maximum Gasteiger partial charge on any atom is 0.269 e. The van der Waals surface area contributed by atoms with Gasteiger partial charge in [0, 0.05) is 19.2 Å². The van der Waals surface area contributed by atoms with Crippen molar-refractivity contribution in [2.45, 2.75) is 6.92 Å². The third-order valence-electron chi connectivity index (χ3n) is 4.21. The lowest BCUT2D eigenvalue weighted by Gasteiger charge is -2.13. The molecule has 3 rings (SSSR count). The minimum atomic E-state index is -0.463. The summed E-state index contributed by atoms with van der Waals surface area (Å²) in [6.07, 6.45) is 1.77. The van der Waals surface area contributed by atoms with E-state index in [1.54, 1.807) is 25.3 Å². The highest BCUT2D eigenvalue weighted by atomic mass is 32.2. The second kappa shape index (κ2) is 10.3. The molecule has 1 saturated heterocycles. The highest BCUT2D eigenvalue weighted by Gasteiger charge is 2.28. The lowest BCUT2D eigenvalue weighted by Crippen LogP contribution is -2.22. The van der Waals surface area contributed by atoms with Gasteiger partial charge in [0.05, 0.1) is 16.4 Å². The Morgan fingerprint density at radius 2 is 1.81 bits per heavy atom. The quantitative estimate of drug-likeness (QED) is 0.180. The number of non-ortho nitro benzene ring substituents is 1. The molecular weight excluding hydrogens is 440 g/mol. The molecule has 0 unspecified atom stereocenters. The zero-order valence-electron chi connectivity index (χ0n) is 16.9. The molecule has 162 valence electrons. The number of rotatable bonds is 9. The predicted molar refractivity (Wildman–Crippen MR) is 123 cm³/mol. The Labute approximate surface area is 188 Å². The van der Waals surface area contributed by atoms with Gasteiger partial charge in [0.25, 0.3) is 11.6 Å². The number of hydrogen-bond acceptors (Lipinski definition) is 8. The summed E-state index contributed by atoms with van der Waals surface area (Å²) in [5.41, 5.74) is 0.804. The Hall–Kier alpha value is -3.11. The van der Waals surface area contributed by atoms with Crippen LogP contribution in [0, 0.1) is 10.1 Å². The predicted octanol–water partition coefficient (Wildman–Crippen LogP) is 4.28. The number of hydrogen-bond donors (Lipinski definition) is 0. The van der Waals surface area contributed by atoms with Crippen LogP contribution in [-0.4, -0.2) is 46.9 Å². The van der Waals surface area contributed by atoms with Crippen molar-refractivity contribution in [2.24, 2.45) is 0 Å². The topological polar surface area (TPSA) is 91.1 Å². The standard InChI is InChI=1S/C21H20N2O6S2/c1-3-27-18-12-14(13-19-20(24)22(2)21(30)31-19)4-9-17(18)29-11-10-28-16-7-5-15(6-8-16)23(25)26/h4-9,12-13H,3,10-11H2,1-2H3/b19-13+. The smallest absolute Gasteiger partial charge is 0.269 e. The van der Waals surface area contributed by atoms with Gasteiger partial charge in [-0.1, -0.05) is 30.0 Å². The highest BCUT2D eigenvalue weighted by Crippen LogP contribution is 2.34. The van der Waals surface area contributed by atoms with Gasteiger partial charge < -0.3 is 14.2 Å². The molecule has 1 aliphatic heterocycles. The molecule has 0 aliphatic carbocycles. The zero-order valence-corrected chi connectivity index (χ0v) is 18.5. The van der Waals surface area contributed by atoms with E-state index in [0.717, 1.165) is 5.56 Å². The molecule has 0 N–H and O–H groups in total. The average Bonchev–Trinajstić information content (AvgIpc) is 2.99. The molecule has 1 aliphatic rings. The zero-order chi connectivity index (χ0) is 22.4. The van der Waals surface area contributed by atoms with E-state index in [1.807, 2.05) is 13.0 Å². The van der Waals surface area contributed by atoms with Gasteiger partial charge in [0.1, 0.15) is 23.3 Å². The number of thioether (sulfide) groups is 1. The van der Waals surface area contributed by atoms with Crippen LogP contribution in [0.4, 0.5) is 5.69 Å². The van der Waals surface area contributed by atoms with Gasteiger partial charge in [-0.2, -0.15) is 0 Å². The normalized spacial score (nSPS) is 14.8. The Morgan fingerprint density at radius 1 is 1.10 bits per heavy atom. The van der Waals surface area contributed by atoms with Crippen LogP contribution in [0.1, 0.15) is 12.5 Å². The van der Waals surface area contributed by atoms with E-state index in [4.69, 9.17) is 26.4 Å². The van der Waals surface area contributed by atoms with E-state index in [0.29, 0.717) is 33.1 Å². The second-order valence-electron chi connectivity index (χ2n) is 6.33. The van der Waals surface area contributed by atoms with Crippen LogP contribution in [0.15, 0.2) is 47.4 Å². The molecule has 0 atom stereocenters. The van der Waals surface area contributed by atoms with Gasteiger partial charge >= 0.3 is 0 Å². The molecular formula is C21H20N2O6S2. The average molecular weight is 461 g/mol. The summed E-state index contributed by atoms with van der Waals surface area (Å²) in [5, 5.41) is 10.7. The van der Waals surface area contributed by atoms with Crippen LogP contribution in [0.5, 0.6) is 17.2 Å². The van der Waals surface area contributed by atoms with E-state index >= 15 is 0 Å². The second-order valence-corrected chi connectivity index (χ2v) is 8.00. The maximum atomic E-state index is 12.2. The molecule has 0 radical (unpaired) electrons. The number of ether oxygens (including phenoxy) is 3. The Bertz CT molecular complexity index is 1020. The van der Waals surface area contributed by atoms with Crippen LogP contribution in [0.2, 0.25) is 0 Å². The maximum absolute atomic E-state index is 12.2. The summed E-state index contributed by atoms with van der Waals surface area (Å²) >= 11 is 6.41. The summed E-state index contributed by atoms with van der Waals surface area (Å²) < 4.78 is 17.5. The summed E-state index contributed by atoms with van der Waals surface area (Å²) in [6, 6.07) is 11.3. The van der Waals surface area contributed by atoms with Gasteiger partial charge in [-0.05, 0) is 42.8 Å². The molecule has 0 bridgehead atoms. The lowest BCUT2D eigenvalue weighted by atomic mass is 10.2. The molecule has 10 heteroatoms. The summed E-state index contributed by atoms with van der Waals surface area (Å²) in [5.74, 6) is 1.49. The molecule has 1 fully saturated rings. The minimum absolute atomic E-state index is 0.00573. The number of nitrogens with zero attached hydrogens (tertiary/aromatic N) is 2. The van der Waals surface area contributed by atoms with Crippen molar-refractivity contribution in [1.82, 2.24) is 4.90 Å². The lowest BCUT2D eigenvalue weighted by molar-refractivity contribution is -0.384. The molecule has 0 spiro atoms. The van der Waals surface area contributed by atoms with Gasteiger partial charge in [-0.15, -0.1) is 0 Å². The first-order valence-electron chi connectivity index (χ1n) is 9.37. The number of nitro groups is 1. The molecule has 0 saturated carbocycles. The Morgan fingerprint density at radius 3 is 2.42 bits per heavy atom. The van der Waals surface area contributed by atoms with Crippen molar-refractivity contribution < 1.29 is 23.9 Å². The van der Waals surface area contributed by atoms with Gasteiger partial charge in [-0.25, -0.2) is 0 Å². The molecule has 8 nitrogen and oxygen atoms in total. The Kier molecular flexibility index (Phi) is 7.48. The van der Waals surface area contributed by atoms with Crippen LogP contribution < -0.4 is 14.2 Å². The van der Waals surface area contributed by atoms with Crippen molar-refractivity contribution in [3.05, 3.63) is 63.0 Å². The molecule has 31 heavy (non-hydrogen) atoms. The number of thiocarbonyl (C=S) groups is 1. The van der Waals surface area contributed by atoms with Crippen molar-refractivity contribution in [3.63, 3.8) is 0 Å². The first kappa shape index (κ1) is 22.6.